The molecule has 6 aromatic carbocycles. The number of ether oxygens (including phenoxy) is 8. The molecular formula is C93H91N15O10. The SMILES string of the molecule is CC(C)(C)OC(=O)N1CC[C@H](Oc2ccc(-c3cccc4[nH]c(-c5ccc(N6CCOCC6)cc5)cc34)cc2C#N)C1.N#CCC(=O)N1CC[C@H](Oc2ccc(-c3ccnc4[nH]c(-c5ccc(N6CCOCC6)cc5)cc34)cc2C#N)C1.N#Cc1cc(-c2ccnc3[nH]c(-c4ccc(N5CCOCC5)cc4)cc23)ncc1OC1CCOCC1. The zero-order valence-corrected chi connectivity index (χ0v) is 66.3. The van der Waals surface area contributed by atoms with Gasteiger partial charge in [0.05, 0.1) is 101 Å². The predicted octanol–water partition coefficient (Wildman–Crippen LogP) is 15.7. The molecule has 3 N–H and O–H groups in total. The molecule has 25 nitrogen and oxygen atoms in total. The largest absolute Gasteiger partial charge is 0.487 e. The topological polar surface area (TPSA) is 305 Å². The van der Waals surface area contributed by atoms with Crippen molar-refractivity contribution in [3.8, 4) is 109 Å². The smallest absolute Gasteiger partial charge is 0.410 e. The van der Waals surface area contributed by atoms with Gasteiger partial charge >= 0.3 is 6.09 Å². The number of amides is 2. The standard InChI is InChI=1S/C34H36N4O4.C31H28N6O3.C28H27N5O3/c1-34(2,3)42-33(39)38-14-13-27(22-38)41-32-12-9-24(19-25(32)21-35)28-5-4-6-30-29(28)20-31(36-30)23-7-10-26(11-8-23)37-15-17-40-18-16-37;32-10-7-30(38)37-12-9-25(20-37)40-29-6-3-22(17-23(29)19-33)26-8-11-34-31-27(26)18-28(35-31)21-1-4-24(5-2-21)36-13-15-39-16-14-36;29-17-20-15-26(31-18-27(20)36-22-6-11-34-12-7-22)23-5-8-30-28-24(23)16-25(32-28)19-1-3-21(4-2-19)33-9-13-35-14-10-33/h4-12,19-20,27,36H,13-18,22H2,1-3H3;1-6,8,11,17-18,25H,7,9,12-16,20H2,(H,34,35);1-5,8,15-16,18,22H,6-7,9-14H2,(H,30,32)/t27-;25-;/m00./s1. The summed E-state index contributed by atoms with van der Waals surface area (Å²) in [5, 5.41) is 41.5. The van der Waals surface area contributed by atoms with Crippen LogP contribution >= 0.6 is 0 Å². The van der Waals surface area contributed by atoms with Crippen LogP contribution in [0.1, 0.15) is 69.6 Å². The molecule has 12 heterocycles. The van der Waals surface area contributed by atoms with Crippen LogP contribution in [0.4, 0.5) is 21.9 Å². The van der Waals surface area contributed by atoms with E-state index < -0.39 is 5.60 Å². The number of carbonyl (C=O) groups is 2. The number of pyridine rings is 3. The Morgan fingerprint density at radius 2 is 0.873 bits per heavy atom. The minimum absolute atomic E-state index is 0.0491. The molecule has 0 aliphatic carbocycles. The molecule has 598 valence electrons. The molecule has 0 bridgehead atoms. The number of rotatable bonds is 16. The van der Waals surface area contributed by atoms with Gasteiger partial charge in [-0.05, 0) is 163 Å². The number of likely N-dealkylation sites (tertiary alicyclic amines) is 2. The van der Waals surface area contributed by atoms with E-state index >= 15 is 0 Å². The van der Waals surface area contributed by atoms with Crippen molar-refractivity contribution in [1.29, 1.82) is 21.0 Å². The zero-order valence-electron chi connectivity index (χ0n) is 66.3. The molecular weight excluding hydrogens is 1490 g/mol. The van der Waals surface area contributed by atoms with E-state index in [1.165, 1.54) is 17.1 Å². The lowest BCUT2D eigenvalue weighted by molar-refractivity contribution is -0.129. The predicted molar refractivity (Wildman–Crippen MR) is 451 cm³/mol. The number of benzene rings is 6. The van der Waals surface area contributed by atoms with Gasteiger partial charge in [-0.15, -0.1) is 0 Å². The van der Waals surface area contributed by atoms with Crippen molar-refractivity contribution in [2.24, 2.45) is 0 Å². The first-order valence-electron chi connectivity index (χ1n) is 40.2. The number of morpholine rings is 3. The number of aromatic amines is 3. The van der Waals surface area contributed by atoms with Crippen LogP contribution in [0.15, 0.2) is 182 Å². The highest BCUT2D eigenvalue weighted by atomic mass is 16.6. The van der Waals surface area contributed by atoms with Gasteiger partial charge in [0.15, 0.2) is 5.75 Å². The Morgan fingerprint density at radius 3 is 1.37 bits per heavy atom. The van der Waals surface area contributed by atoms with Gasteiger partial charge in [0, 0.05) is 152 Å². The third kappa shape index (κ3) is 18.2. The monoisotopic (exact) mass is 1580 g/mol. The zero-order chi connectivity index (χ0) is 81.1. The summed E-state index contributed by atoms with van der Waals surface area (Å²) >= 11 is 0. The summed E-state index contributed by atoms with van der Waals surface area (Å²) in [7, 11) is 0. The molecule has 0 radical (unpaired) electrons. The van der Waals surface area contributed by atoms with E-state index in [0.717, 1.165) is 186 Å². The maximum atomic E-state index is 12.5. The summed E-state index contributed by atoms with van der Waals surface area (Å²) in [6.07, 6.45) is 7.34. The fourth-order valence-electron chi connectivity index (χ4n) is 15.8. The molecule has 12 aromatic rings. The number of fused-ring (bicyclic) bond motifs is 3. The summed E-state index contributed by atoms with van der Waals surface area (Å²) in [5.74, 6) is 1.35. The highest BCUT2D eigenvalue weighted by molar-refractivity contribution is 6.00. The summed E-state index contributed by atoms with van der Waals surface area (Å²) in [4.78, 5) is 59.0. The molecule has 0 unspecified atom stereocenters. The number of anilines is 3. The lowest BCUT2D eigenvalue weighted by Gasteiger charge is -2.28. The van der Waals surface area contributed by atoms with E-state index in [1.807, 2.05) is 81.4 Å². The number of nitrogens with zero attached hydrogens (tertiary/aromatic N) is 12. The van der Waals surface area contributed by atoms with E-state index in [1.54, 1.807) is 34.5 Å². The lowest BCUT2D eigenvalue weighted by atomic mass is 9.99. The van der Waals surface area contributed by atoms with Gasteiger partial charge in [0.1, 0.15) is 71.3 Å². The maximum absolute atomic E-state index is 12.5. The van der Waals surface area contributed by atoms with E-state index in [0.29, 0.717) is 91.9 Å². The van der Waals surface area contributed by atoms with Crippen molar-refractivity contribution in [2.75, 3.05) is 133 Å². The van der Waals surface area contributed by atoms with Crippen molar-refractivity contribution >= 4 is 62.0 Å². The second kappa shape index (κ2) is 35.9. The van der Waals surface area contributed by atoms with E-state index in [4.69, 9.17) is 43.2 Å². The Labute approximate surface area is 684 Å². The molecule has 118 heavy (non-hydrogen) atoms. The van der Waals surface area contributed by atoms with Gasteiger partial charge in [0.25, 0.3) is 0 Å². The Morgan fingerprint density at radius 1 is 0.441 bits per heavy atom. The van der Waals surface area contributed by atoms with Gasteiger partial charge in [0.2, 0.25) is 5.91 Å². The minimum atomic E-state index is -0.545. The molecule has 6 fully saturated rings. The summed E-state index contributed by atoms with van der Waals surface area (Å²) < 4.78 is 45.7. The Balaban J connectivity index is 0.000000133. The molecule has 25 heteroatoms. The third-order valence-corrected chi connectivity index (χ3v) is 22.1. The van der Waals surface area contributed by atoms with Gasteiger partial charge in [-0.1, -0.05) is 60.7 Å². The average molecular weight is 1580 g/mol. The highest BCUT2D eigenvalue weighted by Crippen LogP contribution is 2.40. The number of aromatic nitrogens is 6. The summed E-state index contributed by atoms with van der Waals surface area (Å²) in [6.45, 7) is 18.9. The summed E-state index contributed by atoms with van der Waals surface area (Å²) in [5.41, 5.74) is 18.8. The first-order chi connectivity index (χ1) is 57.7. The van der Waals surface area contributed by atoms with Gasteiger partial charge in [-0.3, -0.25) is 9.78 Å². The average Bonchev–Trinajstić information content (AvgIpc) is 1.22. The van der Waals surface area contributed by atoms with Crippen LogP contribution in [0.25, 0.3) is 100 Å². The molecule has 6 aliphatic rings. The summed E-state index contributed by atoms with van der Waals surface area (Å²) in [6, 6.07) is 64.0. The Hall–Kier alpha value is -13.3. The van der Waals surface area contributed by atoms with Crippen LogP contribution in [0.5, 0.6) is 17.2 Å². The fraction of sp³-hybridized carbons (Fsp3) is 0.323. The fourth-order valence-corrected chi connectivity index (χ4v) is 15.8. The number of nitrogens with one attached hydrogen (secondary N) is 3. The van der Waals surface area contributed by atoms with E-state index in [-0.39, 0.29) is 36.7 Å². The lowest BCUT2D eigenvalue weighted by Crippen LogP contribution is -2.36. The second-order valence-corrected chi connectivity index (χ2v) is 30.9. The quantitative estimate of drug-likeness (QED) is 0.0809. The van der Waals surface area contributed by atoms with Crippen LogP contribution in [-0.4, -0.2) is 194 Å². The van der Waals surface area contributed by atoms with E-state index in [9.17, 15) is 25.4 Å². The molecule has 0 saturated carbocycles. The van der Waals surface area contributed by atoms with Crippen LogP contribution in [0.2, 0.25) is 0 Å². The number of hydrogen-bond acceptors (Lipinski definition) is 20. The van der Waals surface area contributed by atoms with Crippen molar-refractivity contribution in [2.45, 2.75) is 76.8 Å². The third-order valence-electron chi connectivity index (χ3n) is 22.1. The van der Waals surface area contributed by atoms with Crippen molar-refractivity contribution in [3.05, 3.63) is 199 Å². The molecule has 2 amide bonds. The number of hydrogen-bond donors (Lipinski definition) is 3. The molecule has 6 aromatic heterocycles. The molecule has 6 saturated heterocycles. The molecule has 2 atom stereocenters. The first kappa shape index (κ1) is 78.6. The van der Waals surface area contributed by atoms with Crippen LogP contribution in [0, 0.1) is 45.3 Å². The Kier molecular flexibility index (Phi) is 23.9. The van der Waals surface area contributed by atoms with Crippen LogP contribution in [-0.2, 0) is 28.5 Å². The number of carbonyl (C=O) groups excluding carboxylic acids is 2. The molecule has 18 rings (SSSR count). The number of H-pyrrole nitrogens is 3. The highest BCUT2D eigenvalue weighted by Gasteiger charge is 2.33. The normalized spacial score (nSPS) is 17.0. The second-order valence-electron chi connectivity index (χ2n) is 30.9. The maximum Gasteiger partial charge on any atom is 0.410 e. The Bertz CT molecular complexity index is 5770. The van der Waals surface area contributed by atoms with Crippen LogP contribution in [0.3, 0.4) is 0 Å². The molecule has 0 spiro atoms. The first-order valence-corrected chi connectivity index (χ1v) is 40.2. The molecule has 6 aliphatic heterocycles. The van der Waals surface area contributed by atoms with Crippen molar-refractivity contribution in [1.82, 2.24) is 39.7 Å². The van der Waals surface area contributed by atoms with E-state index in [2.05, 4.69) is 166 Å². The van der Waals surface area contributed by atoms with Gasteiger partial charge < -0.3 is 77.3 Å². The van der Waals surface area contributed by atoms with Crippen molar-refractivity contribution < 1.29 is 47.5 Å². The van der Waals surface area contributed by atoms with Crippen LogP contribution < -0.4 is 28.9 Å². The van der Waals surface area contributed by atoms with Crippen molar-refractivity contribution in [3.63, 3.8) is 0 Å². The van der Waals surface area contributed by atoms with Gasteiger partial charge in [-0.25, -0.2) is 14.8 Å². The number of nitriles is 4. The van der Waals surface area contributed by atoms with Gasteiger partial charge in [-0.2, -0.15) is 21.0 Å². The minimum Gasteiger partial charge on any atom is -0.487 e.